The van der Waals surface area contributed by atoms with Crippen molar-refractivity contribution in [1.29, 1.82) is 0 Å². The van der Waals surface area contributed by atoms with Gasteiger partial charge in [0.05, 0.1) is 0 Å². The smallest absolute Gasteiger partial charge is 0.407 e. The summed E-state index contributed by atoms with van der Waals surface area (Å²) in [6.45, 7) is 5.85. The predicted molar refractivity (Wildman–Crippen MR) is 58.7 cm³/mol. The van der Waals surface area contributed by atoms with Crippen LogP contribution in [-0.4, -0.2) is 33.4 Å². The number of nitrogen functional groups attached to an aromatic ring is 1. The second-order valence-corrected chi connectivity index (χ2v) is 4.32. The second kappa shape index (κ2) is 4.82. The molecule has 0 saturated heterocycles. The number of hydrogen-bond acceptors (Lipinski definition) is 5. The van der Waals surface area contributed by atoms with Crippen molar-refractivity contribution in [3.05, 3.63) is 5.82 Å². The van der Waals surface area contributed by atoms with E-state index >= 15 is 0 Å². The van der Waals surface area contributed by atoms with Crippen molar-refractivity contribution in [3.63, 3.8) is 0 Å². The Morgan fingerprint density at radius 3 is 2.75 bits per heavy atom. The summed E-state index contributed by atoms with van der Waals surface area (Å²) in [6.07, 6.45) is 0.0867. The molecule has 1 aromatic rings. The fourth-order valence-corrected chi connectivity index (χ4v) is 1.02. The Bertz CT molecular complexity index is 355. The lowest BCUT2D eigenvalue weighted by atomic mass is 10.2. The van der Waals surface area contributed by atoms with Gasteiger partial charge < -0.3 is 15.8 Å². The Hall–Kier alpha value is -1.79. The Labute approximate surface area is 93.8 Å². The van der Waals surface area contributed by atoms with Crippen molar-refractivity contribution >= 4 is 12.0 Å². The minimum atomic E-state index is -0.485. The van der Waals surface area contributed by atoms with Crippen LogP contribution < -0.4 is 11.1 Å². The molecular weight excluding hydrogens is 210 g/mol. The summed E-state index contributed by atoms with van der Waals surface area (Å²) in [4.78, 5) is 15.2. The second-order valence-electron chi connectivity index (χ2n) is 4.32. The van der Waals surface area contributed by atoms with E-state index in [2.05, 4.69) is 20.5 Å². The van der Waals surface area contributed by atoms with Gasteiger partial charge in [-0.15, -0.1) is 5.10 Å². The molecule has 1 amide bonds. The first-order chi connectivity index (χ1) is 7.37. The molecular formula is C9H17N5O2. The van der Waals surface area contributed by atoms with E-state index in [1.165, 1.54) is 0 Å². The van der Waals surface area contributed by atoms with Gasteiger partial charge in [-0.25, -0.2) is 4.79 Å². The van der Waals surface area contributed by atoms with Gasteiger partial charge in [-0.2, -0.15) is 4.98 Å². The Kier molecular flexibility index (Phi) is 3.70. The molecule has 0 aliphatic rings. The van der Waals surface area contributed by atoms with Crippen LogP contribution in [0.1, 0.15) is 26.6 Å². The van der Waals surface area contributed by atoms with E-state index in [1.54, 1.807) is 0 Å². The number of H-pyrrole nitrogens is 1. The van der Waals surface area contributed by atoms with Crippen molar-refractivity contribution in [3.8, 4) is 0 Å². The molecule has 0 atom stereocenters. The average molecular weight is 227 g/mol. The molecule has 7 nitrogen and oxygen atoms in total. The third-order valence-corrected chi connectivity index (χ3v) is 1.58. The van der Waals surface area contributed by atoms with Gasteiger partial charge in [-0.05, 0) is 20.8 Å². The maximum Gasteiger partial charge on any atom is 0.407 e. The molecule has 0 aromatic carbocycles. The molecule has 16 heavy (non-hydrogen) atoms. The molecule has 0 bridgehead atoms. The number of alkyl carbamates (subject to hydrolysis) is 1. The molecule has 1 heterocycles. The highest BCUT2D eigenvalue weighted by atomic mass is 16.6. The van der Waals surface area contributed by atoms with Crippen LogP contribution >= 0.6 is 0 Å². The van der Waals surface area contributed by atoms with Crippen LogP contribution in [0.25, 0.3) is 0 Å². The third-order valence-electron chi connectivity index (χ3n) is 1.58. The summed E-state index contributed by atoms with van der Waals surface area (Å²) in [5.41, 5.74) is 4.84. The van der Waals surface area contributed by atoms with Gasteiger partial charge in [0, 0.05) is 13.0 Å². The molecule has 1 rings (SSSR count). The first kappa shape index (κ1) is 12.3. The summed E-state index contributed by atoms with van der Waals surface area (Å²) in [6, 6.07) is 0. The number of amides is 1. The molecule has 0 spiro atoms. The normalized spacial score (nSPS) is 11.2. The Morgan fingerprint density at radius 2 is 2.25 bits per heavy atom. The molecule has 7 heteroatoms. The van der Waals surface area contributed by atoms with E-state index in [0.717, 1.165) is 0 Å². The van der Waals surface area contributed by atoms with Crippen molar-refractivity contribution < 1.29 is 9.53 Å². The topological polar surface area (TPSA) is 106 Å². The maximum absolute atomic E-state index is 11.2. The molecule has 1 aromatic heterocycles. The molecule has 0 radical (unpaired) electrons. The van der Waals surface area contributed by atoms with Gasteiger partial charge in [-0.1, -0.05) is 0 Å². The van der Waals surface area contributed by atoms with Crippen molar-refractivity contribution in [2.75, 3.05) is 12.3 Å². The van der Waals surface area contributed by atoms with E-state index < -0.39 is 11.7 Å². The monoisotopic (exact) mass is 227 g/mol. The molecule has 0 fully saturated rings. The van der Waals surface area contributed by atoms with Gasteiger partial charge in [0.25, 0.3) is 0 Å². The van der Waals surface area contributed by atoms with Crippen LogP contribution in [0.2, 0.25) is 0 Å². The van der Waals surface area contributed by atoms with E-state index in [9.17, 15) is 4.79 Å². The summed E-state index contributed by atoms with van der Waals surface area (Å²) in [5, 5.41) is 8.93. The summed E-state index contributed by atoms with van der Waals surface area (Å²) < 4.78 is 5.06. The zero-order valence-corrected chi connectivity index (χ0v) is 9.70. The van der Waals surface area contributed by atoms with Gasteiger partial charge >= 0.3 is 6.09 Å². The molecule has 0 saturated carbocycles. The number of nitrogens with two attached hydrogens (primary N) is 1. The van der Waals surface area contributed by atoms with Crippen molar-refractivity contribution in [2.45, 2.75) is 32.8 Å². The van der Waals surface area contributed by atoms with E-state index in [1.807, 2.05) is 20.8 Å². The average Bonchev–Trinajstić information content (AvgIpc) is 2.48. The number of aromatic amines is 1. The molecule has 0 unspecified atom stereocenters. The van der Waals surface area contributed by atoms with Crippen LogP contribution in [0.15, 0.2) is 0 Å². The first-order valence-electron chi connectivity index (χ1n) is 5.00. The van der Waals surface area contributed by atoms with Gasteiger partial charge in [0.15, 0.2) is 0 Å². The van der Waals surface area contributed by atoms with Crippen molar-refractivity contribution in [1.82, 2.24) is 20.5 Å². The minimum absolute atomic E-state index is 0.201. The fourth-order valence-electron chi connectivity index (χ4n) is 1.02. The van der Waals surface area contributed by atoms with Crippen LogP contribution in [0, 0.1) is 0 Å². The lowest BCUT2D eigenvalue weighted by molar-refractivity contribution is 0.0528. The van der Waals surface area contributed by atoms with Gasteiger partial charge in [0.2, 0.25) is 5.95 Å². The zero-order valence-electron chi connectivity index (χ0n) is 9.70. The lowest BCUT2D eigenvalue weighted by Crippen LogP contribution is -2.33. The Morgan fingerprint density at radius 1 is 1.56 bits per heavy atom. The minimum Gasteiger partial charge on any atom is -0.444 e. The number of hydrogen-bond donors (Lipinski definition) is 3. The highest BCUT2D eigenvalue weighted by Crippen LogP contribution is 2.06. The number of ether oxygens (including phenoxy) is 1. The lowest BCUT2D eigenvalue weighted by Gasteiger charge is -2.19. The number of rotatable bonds is 3. The van der Waals surface area contributed by atoms with Crippen molar-refractivity contribution in [2.24, 2.45) is 0 Å². The third kappa shape index (κ3) is 4.63. The van der Waals surface area contributed by atoms with Crippen LogP contribution in [0.5, 0.6) is 0 Å². The number of carbonyl (C=O) groups excluding carboxylic acids is 1. The molecule has 4 N–H and O–H groups in total. The van der Waals surface area contributed by atoms with Gasteiger partial charge in [0.1, 0.15) is 11.4 Å². The highest BCUT2D eigenvalue weighted by Gasteiger charge is 2.15. The molecule has 0 aliphatic carbocycles. The van der Waals surface area contributed by atoms with Crippen LogP contribution in [0.3, 0.4) is 0 Å². The largest absolute Gasteiger partial charge is 0.444 e. The summed E-state index contributed by atoms with van der Waals surface area (Å²) in [7, 11) is 0. The molecule has 90 valence electrons. The fraction of sp³-hybridized carbons (Fsp3) is 0.667. The predicted octanol–water partition coefficient (Wildman–Crippen LogP) is 0.454. The Balaban J connectivity index is 2.23. The zero-order chi connectivity index (χ0) is 12.2. The van der Waals surface area contributed by atoms with E-state index in [0.29, 0.717) is 18.8 Å². The van der Waals surface area contributed by atoms with Gasteiger partial charge in [-0.3, -0.25) is 5.10 Å². The standard InChI is InChI=1S/C9H17N5O2/c1-9(2,3)16-8(15)11-5-4-6-12-7(10)14-13-6/h4-5H2,1-3H3,(H,11,15)(H3,10,12,13,14). The maximum atomic E-state index is 11.2. The quantitative estimate of drug-likeness (QED) is 0.695. The number of nitrogens with zero attached hydrogens (tertiary/aromatic N) is 2. The first-order valence-corrected chi connectivity index (χ1v) is 5.00. The van der Waals surface area contributed by atoms with E-state index in [4.69, 9.17) is 10.5 Å². The highest BCUT2D eigenvalue weighted by molar-refractivity contribution is 5.67. The van der Waals surface area contributed by atoms with Crippen LogP contribution in [0.4, 0.5) is 10.7 Å². The molecule has 0 aliphatic heterocycles. The number of aromatic nitrogens is 3. The van der Waals surface area contributed by atoms with Crippen LogP contribution in [-0.2, 0) is 11.2 Å². The summed E-state index contributed by atoms with van der Waals surface area (Å²) in [5.74, 6) is 0.834. The SMILES string of the molecule is CC(C)(C)OC(=O)NCCc1nc(N)n[nH]1. The summed E-state index contributed by atoms with van der Waals surface area (Å²) >= 11 is 0. The number of nitrogens with one attached hydrogen (secondary N) is 2. The number of anilines is 1. The number of carbonyl (C=O) groups is 1. The van der Waals surface area contributed by atoms with E-state index in [-0.39, 0.29) is 5.95 Å².